The van der Waals surface area contributed by atoms with Crippen molar-refractivity contribution < 1.29 is 9.90 Å². The summed E-state index contributed by atoms with van der Waals surface area (Å²) in [5.74, 6) is -0.823. The van der Waals surface area contributed by atoms with Gasteiger partial charge in [-0.15, -0.1) is 0 Å². The van der Waals surface area contributed by atoms with E-state index in [1.807, 2.05) is 37.3 Å². The second-order valence-electron chi connectivity index (χ2n) is 3.14. The van der Waals surface area contributed by atoms with Crippen LogP contribution in [0.1, 0.15) is 25.3 Å². The highest BCUT2D eigenvalue weighted by molar-refractivity contribution is 5.92. The fraction of sp³-hybridized carbons (Fsp3) is 0.250. The van der Waals surface area contributed by atoms with E-state index in [0.717, 1.165) is 12.0 Å². The summed E-state index contributed by atoms with van der Waals surface area (Å²) in [6.45, 7) is 1.97. The average Bonchev–Trinajstić information content (AvgIpc) is 2.18. The highest BCUT2D eigenvalue weighted by Gasteiger charge is 2.04. The minimum atomic E-state index is -0.823. The Morgan fingerprint density at radius 2 is 2.00 bits per heavy atom. The van der Waals surface area contributed by atoms with Crippen molar-refractivity contribution in [1.29, 1.82) is 0 Å². The summed E-state index contributed by atoms with van der Waals surface area (Å²) in [5.41, 5.74) is 1.41. The van der Waals surface area contributed by atoms with E-state index in [9.17, 15) is 4.79 Å². The molecule has 0 spiro atoms. The van der Waals surface area contributed by atoms with Crippen LogP contribution in [-0.4, -0.2) is 11.1 Å². The smallest absolute Gasteiger partial charge is 0.331 e. The molecular formula is C12H14O2. The van der Waals surface area contributed by atoms with Gasteiger partial charge in [-0.25, -0.2) is 4.79 Å². The third-order valence-electron chi connectivity index (χ3n) is 1.93. The summed E-state index contributed by atoms with van der Waals surface area (Å²) in [5, 5.41) is 8.90. The number of carboxylic acid groups (broad SMARTS) is 1. The van der Waals surface area contributed by atoms with Crippen molar-refractivity contribution in [3.05, 3.63) is 41.5 Å². The van der Waals surface area contributed by atoms with Gasteiger partial charge in [-0.3, -0.25) is 0 Å². The van der Waals surface area contributed by atoms with Crippen LogP contribution >= 0.6 is 0 Å². The Hall–Kier alpha value is -1.57. The van der Waals surface area contributed by atoms with Gasteiger partial charge in [0.05, 0.1) is 0 Å². The van der Waals surface area contributed by atoms with Crippen molar-refractivity contribution in [2.45, 2.75) is 19.8 Å². The van der Waals surface area contributed by atoms with E-state index in [1.54, 1.807) is 6.08 Å². The molecule has 14 heavy (non-hydrogen) atoms. The largest absolute Gasteiger partial charge is 0.478 e. The monoisotopic (exact) mass is 190 g/mol. The number of benzene rings is 1. The van der Waals surface area contributed by atoms with Crippen molar-refractivity contribution in [3.8, 4) is 0 Å². The molecule has 1 N–H and O–H groups in total. The van der Waals surface area contributed by atoms with Gasteiger partial charge in [-0.1, -0.05) is 43.7 Å². The number of hydrogen-bond donors (Lipinski definition) is 1. The molecule has 0 saturated carbocycles. The van der Waals surface area contributed by atoms with E-state index in [-0.39, 0.29) is 0 Å². The molecule has 74 valence electrons. The standard InChI is InChI=1S/C12H14O2/c1-2-6-11(12(13)14)9-10-7-4-3-5-8-10/h3-5,7-9H,2,6H2,1H3,(H,13,14). The Morgan fingerprint density at radius 3 is 2.50 bits per heavy atom. The normalized spacial score (nSPS) is 11.4. The lowest BCUT2D eigenvalue weighted by atomic mass is 10.1. The zero-order chi connectivity index (χ0) is 10.4. The van der Waals surface area contributed by atoms with Gasteiger partial charge in [0.2, 0.25) is 0 Å². The van der Waals surface area contributed by atoms with Crippen LogP contribution in [0.4, 0.5) is 0 Å². The molecule has 0 fully saturated rings. The highest BCUT2D eigenvalue weighted by Crippen LogP contribution is 2.11. The van der Waals surface area contributed by atoms with Gasteiger partial charge in [-0.2, -0.15) is 0 Å². The molecule has 0 aliphatic rings. The zero-order valence-corrected chi connectivity index (χ0v) is 8.23. The zero-order valence-electron chi connectivity index (χ0n) is 8.23. The molecular weight excluding hydrogens is 176 g/mol. The Kier molecular flexibility index (Phi) is 3.92. The first-order valence-corrected chi connectivity index (χ1v) is 4.73. The van der Waals surface area contributed by atoms with Gasteiger partial charge in [0.1, 0.15) is 0 Å². The van der Waals surface area contributed by atoms with Crippen LogP contribution in [0.2, 0.25) is 0 Å². The number of carboxylic acids is 1. The van der Waals surface area contributed by atoms with Crippen molar-refractivity contribution >= 4 is 12.0 Å². The highest BCUT2D eigenvalue weighted by atomic mass is 16.4. The molecule has 1 rings (SSSR count). The van der Waals surface area contributed by atoms with Crippen LogP contribution in [0, 0.1) is 0 Å². The maximum absolute atomic E-state index is 10.8. The molecule has 0 atom stereocenters. The molecule has 0 amide bonds. The molecule has 0 heterocycles. The number of carbonyl (C=O) groups is 1. The van der Waals surface area contributed by atoms with E-state index in [1.165, 1.54) is 0 Å². The predicted molar refractivity (Wildman–Crippen MR) is 57.0 cm³/mol. The minimum Gasteiger partial charge on any atom is -0.478 e. The first kappa shape index (κ1) is 10.5. The Morgan fingerprint density at radius 1 is 1.36 bits per heavy atom. The SMILES string of the molecule is CCCC(=Cc1ccccc1)C(=O)O. The van der Waals surface area contributed by atoms with Crippen LogP contribution in [0.25, 0.3) is 6.08 Å². The van der Waals surface area contributed by atoms with E-state index in [0.29, 0.717) is 12.0 Å². The summed E-state index contributed by atoms with van der Waals surface area (Å²) < 4.78 is 0. The van der Waals surface area contributed by atoms with Crippen LogP contribution in [-0.2, 0) is 4.79 Å². The molecule has 0 saturated heterocycles. The minimum absolute atomic E-state index is 0.471. The molecule has 1 aromatic carbocycles. The lowest BCUT2D eigenvalue weighted by molar-refractivity contribution is -0.132. The van der Waals surface area contributed by atoms with Crippen molar-refractivity contribution in [1.82, 2.24) is 0 Å². The van der Waals surface area contributed by atoms with Gasteiger partial charge in [-0.05, 0) is 18.1 Å². The molecule has 0 aliphatic heterocycles. The van der Waals surface area contributed by atoms with E-state index < -0.39 is 5.97 Å². The van der Waals surface area contributed by atoms with Gasteiger partial charge in [0.15, 0.2) is 0 Å². The first-order chi connectivity index (χ1) is 6.74. The second kappa shape index (κ2) is 5.22. The van der Waals surface area contributed by atoms with E-state index in [2.05, 4.69) is 0 Å². The van der Waals surface area contributed by atoms with Gasteiger partial charge in [0.25, 0.3) is 0 Å². The number of rotatable bonds is 4. The number of hydrogen-bond acceptors (Lipinski definition) is 1. The predicted octanol–water partition coefficient (Wildman–Crippen LogP) is 2.95. The van der Waals surface area contributed by atoms with Crippen molar-refractivity contribution in [2.75, 3.05) is 0 Å². The summed E-state index contributed by atoms with van der Waals surface area (Å²) in [7, 11) is 0. The summed E-state index contributed by atoms with van der Waals surface area (Å²) >= 11 is 0. The fourth-order valence-electron chi connectivity index (χ4n) is 1.26. The maximum atomic E-state index is 10.8. The number of aliphatic carboxylic acids is 1. The van der Waals surface area contributed by atoms with Crippen LogP contribution < -0.4 is 0 Å². The summed E-state index contributed by atoms with van der Waals surface area (Å²) in [4.78, 5) is 10.8. The second-order valence-corrected chi connectivity index (χ2v) is 3.14. The Balaban J connectivity index is 2.88. The molecule has 0 aromatic heterocycles. The Bertz CT molecular complexity index is 325. The third kappa shape index (κ3) is 3.05. The van der Waals surface area contributed by atoms with Gasteiger partial charge >= 0.3 is 5.97 Å². The molecule has 0 aliphatic carbocycles. The molecule has 0 bridgehead atoms. The maximum Gasteiger partial charge on any atom is 0.331 e. The van der Waals surface area contributed by atoms with Gasteiger partial charge < -0.3 is 5.11 Å². The van der Waals surface area contributed by atoms with Gasteiger partial charge in [0, 0.05) is 5.57 Å². The lowest BCUT2D eigenvalue weighted by Gasteiger charge is -1.99. The van der Waals surface area contributed by atoms with Crippen LogP contribution in [0.15, 0.2) is 35.9 Å². The molecule has 2 heteroatoms. The third-order valence-corrected chi connectivity index (χ3v) is 1.93. The van der Waals surface area contributed by atoms with Crippen LogP contribution in [0.5, 0.6) is 0 Å². The Labute approximate surface area is 83.9 Å². The van der Waals surface area contributed by atoms with Crippen LogP contribution in [0.3, 0.4) is 0 Å². The summed E-state index contributed by atoms with van der Waals surface area (Å²) in [6.07, 6.45) is 3.20. The molecule has 2 nitrogen and oxygen atoms in total. The average molecular weight is 190 g/mol. The first-order valence-electron chi connectivity index (χ1n) is 4.73. The molecule has 0 unspecified atom stereocenters. The molecule has 1 aromatic rings. The van der Waals surface area contributed by atoms with Crippen molar-refractivity contribution in [3.63, 3.8) is 0 Å². The topological polar surface area (TPSA) is 37.3 Å². The fourth-order valence-corrected chi connectivity index (χ4v) is 1.26. The lowest BCUT2D eigenvalue weighted by Crippen LogP contribution is -1.99. The molecule has 0 radical (unpaired) electrons. The van der Waals surface area contributed by atoms with Crippen molar-refractivity contribution in [2.24, 2.45) is 0 Å². The quantitative estimate of drug-likeness (QED) is 0.741. The van der Waals surface area contributed by atoms with E-state index >= 15 is 0 Å². The summed E-state index contributed by atoms with van der Waals surface area (Å²) in [6, 6.07) is 9.52. The van der Waals surface area contributed by atoms with E-state index in [4.69, 9.17) is 5.11 Å².